The number of carboxylic acid groups (broad SMARTS) is 1. The van der Waals surface area contributed by atoms with E-state index in [4.69, 9.17) is 23.7 Å². The molecule has 3 aliphatic rings. The zero-order valence-corrected chi connectivity index (χ0v) is 30.0. The van der Waals surface area contributed by atoms with Crippen molar-refractivity contribution in [2.24, 2.45) is 0 Å². The number of aliphatic hydroxyl groups is 3. The number of hydrogen-bond acceptors (Lipinski definition) is 18. The van der Waals surface area contributed by atoms with Gasteiger partial charge >= 0.3 is 29.5 Å². The van der Waals surface area contributed by atoms with Gasteiger partial charge in [-0.25, -0.2) is 14.4 Å². The van der Waals surface area contributed by atoms with Crippen LogP contribution in [0.15, 0.2) is 78.9 Å². The number of phenols is 6. The summed E-state index contributed by atoms with van der Waals surface area (Å²) < 4.78 is 28.4. The molecule has 7 rings (SSSR count). The van der Waals surface area contributed by atoms with Gasteiger partial charge in [0.2, 0.25) is 5.60 Å². The summed E-state index contributed by atoms with van der Waals surface area (Å²) in [5.74, 6) is -15.6. The van der Waals surface area contributed by atoms with Crippen LogP contribution in [0.2, 0.25) is 0 Å². The Morgan fingerprint density at radius 2 is 1.31 bits per heavy atom. The number of rotatable bonds is 8. The molecule has 0 saturated heterocycles. The summed E-state index contributed by atoms with van der Waals surface area (Å²) in [6.07, 6.45) is -2.92. The Hall–Kier alpha value is -7.48. The molecule has 19 heteroatoms. The molecule has 1 fully saturated rings. The minimum Gasteiger partial charge on any atom is -0.508 e. The summed E-state index contributed by atoms with van der Waals surface area (Å²) in [4.78, 5) is 52.1. The summed E-state index contributed by atoms with van der Waals surface area (Å²) in [5.41, 5.74) is -2.93. The second-order valence-corrected chi connectivity index (χ2v) is 13.7. The average molecular weight is 817 g/mol. The van der Waals surface area contributed by atoms with Gasteiger partial charge in [-0.15, -0.1) is 0 Å². The maximum Gasteiger partial charge on any atom is 0.357 e. The molecule has 2 aliphatic heterocycles. The zero-order chi connectivity index (χ0) is 42.6. The second kappa shape index (κ2) is 14.5. The first-order valence-corrected chi connectivity index (χ1v) is 17.3. The van der Waals surface area contributed by atoms with Crippen LogP contribution in [0.4, 0.5) is 0 Å². The molecule has 0 bridgehead atoms. The number of fused-ring (bicyclic) bond motifs is 3. The van der Waals surface area contributed by atoms with E-state index >= 15 is 0 Å². The predicted octanol–water partition coefficient (Wildman–Crippen LogP) is 2.03. The lowest BCUT2D eigenvalue weighted by atomic mass is 9.79. The Morgan fingerprint density at radius 1 is 0.678 bits per heavy atom. The molecule has 6 atom stereocenters. The van der Waals surface area contributed by atoms with Crippen molar-refractivity contribution in [2.75, 3.05) is 0 Å². The van der Waals surface area contributed by atoms with Crippen molar-refractivity contribution in [1.29, 1.82) is 0 Å². The number of benzene rings is 4. The van der Waals surface area contributed by atoms with Crippen LogP contribution in [0.25, 0.3) is 12.2 Å². The number of hydrogen-bond donors (Lipinski definition) is 10. The Morgan fingerprint density at radius 3 is 1.98 bits per heavy atom. The van der Waals surface area contributed by atoms with Crippen LogP contribution in [0.5, 0.6) is 51.7 Å². The normalized spacial score (nSPS) is 25.7. The maximum absolute atomic E-state index is 14.0. The molecule has 59 heavy (non-hydrogen) atoms. The van der Waals surface area contributed by atoms with Crippen molar-refractivity contribution in [3.63, 3.8) is 0 Å². The van der Waals surface area contributed by atoms with E-state index in [1.807, 2.05) is 0 Å². The molecule has 1 aliphatic carbocycles. The molecule has 0 aromatic heterocycles. The number of aromatic hydroxyl groups is 6. The first-order valence-electron chi connectivity index (χ1n) is 17.3. The largest absolute Gasteiger partial charge is 0.508 e. The third kappa shape index (κ3) is 6.98. The number of esters is 2. The van der Waals surface area contributed by atoms with Crippen LogP contribution in [0.1, 0.15) is 39.9 Å². The van der Waals surface area contributed by atoms with Crippen LogP contribution >= 0.6 is 0 Å². The molecule has 2 unspecified atom stereocenters. The highest BCUT2D eigenvalue weighted by Crippen LogP contribution is 2.55. The molecule has 4 aromatic rings. The lowest BCUT2D eigenvalue weighted by Crippen LogP contribution is -2.70. The first kappa shape index (κ1) is 39.7. The molecule has 0 radical (unpaired) electrons. The van der Waals surface area contributed by atoms with Crippen molar-refractivity contribution in [3.05, 3.63) is 101 Å². The molecule has 19 nitrogen and oxygen atoms in total. The van der Waals surface area contributed by atoms with Crippen LogP contribution in [-0.4, -0.2) is 104 Å². The van der Waals surface area contributed by atoms with E-state index in [9.17, 15) is 70.2 Å². The van der Waals surface area contributed by atoms with E-state index in [2.05, 4.69) is 0 Å². The standard InChI is InChI=1S/C40H32O19/c41-21-14-26(46)34-30(15-21)58-40(20-5-7-23(43)25(45)13-20)39(54,36(34)51)56-29-12-19(2-8-28(29)57-40)3-9-32(48)55-31-17-38(37(52)53,16-27(47)35(31)50)59-33(49)10-4-18-1-6-22(42)24(44)11-18/h1-15,27,31,35,41-47,50,54H,16-17H2,(H,52,53)/b9-3+,10-4+/t27-,31-,35+,38-,39?,40?/m1/s1. The van der Waals surface area contributed by atoms with Crippen molar-refractivity contribution >= 4 is 35.8 Å². The number of carboxylic acids is 1. The number of aliphatic hydroxyl groups excluding tert-OH is 2. The predicted molar refractivity (Wildman–Crippen MR) is 194 cm³/mol. The van der Waals surface area contributed by atoms with E-state index in [1.165, 1.54) is 24.3 Å². The van der Waals surface area contributed by atoms with Gasteiger partial charge < -0.3 is 74.7 Å². The summed E-state index contributed by atoms with van der Waals surface area (Å²) in [6.45, 7) is 0. The van der Waals surface area contributed by atoms with E-state index < -0.39 is 118 Å². The van der Waals surface area contributed by atoms with Crippen LogP contribution < -0.4 is 14.2 Å². The minimum absolute atomic E-state index is 0.145. The van der Waals surface area contributed by atoms with Gasteiger partial charge in [0.05, 0.1) is 6.10 Å². The highest BCUT2D eigenvalue weighted by atomic mass is 16.8. The fourth-order valence-corrected chi connectivity index (χ4v) is 6.83. The Bertz CT molecular complexity index is 2480. The summed E-state index contributed by atoms with van der Waals surface area (Å²) in [5, 5.41) is 103. The van der Waals surface area contributed by atoms with Crippen molar-refractivity contribution in [2.45, 2.75) is 48.3 Å². The Kier molecular flexibility index (Phi) is 9.75. The monoisotopic (exact) mass is 816 g/mol. The molecule has 1 saturated carbocycles. The number of ketones is 1. The third-order valence-electron chi connectivity index (χ3n) is 9.76. The number of Topliss-reactive ketones (excluding diaryl/α,β-unsaturated/α-hetero) is 1. The average Bonchev–Trinajstić information content (AvgIpc) is 3.17. The lowest BCUT2D eigenvalue weighted by Gasteiger charge is -2.50. The number of carbonyl (C=O) groups is 4. The smallest absolute Gasteiger partial charge is 0.357 e. The van der Waals surface area contributed by atoms with Gasteiger partial charge in [-0.2, -0.15) is 0 Å². The molecule has 10 N–H and O–H groups in total. The first-order chi connectivity index (χ1) is 27.8. The van der Waals surface area contributed by atoms with Crippen LogP contribution in [0, 0.1) is 0 Å². The van der Waals surface area contributed by atoms with Gasteiger partial charge in [-0.3, -0.25) is 4.79 Å². The molecule has 306 valence electrons. The van der Waals surface area contributed by atoms with Gasteiger partial charge in [0.1, 0.15) is 35.0 Å². The summed E-state index contributed by atoms with van der Waals surface area (Å²) >= 11 is 0. The highest BCUT2D eigenvalue weighted by Gasteiger charge is 2.71. The SMILES string of the molecule is O=C(/C=C/c1ccc2c(c1)OC1(O)C(=O)c3c(O)cc(O)cc3OC1(c1ccc(O)c(O)c1)O2)O[C@@H]1C[C@@](OC(=O)/C=C/c2ccc(O)c(O)c2)(C(=O)O)C[C@@H](O)[C@@H]1O. The zero-order valence-electron chi connectivity index (χ0n) is 30.0. The highest BCUT2D eigenvalue weighted by molar-refractivity contribution is 6.08. The summed E-state index contributed by atoms with van der Waals surface area (Å²) in [6, 6.07) is 12.3. The Balaban J connectivity index is 1.11. The van der Waals surface area contributed by atoms with Crippen molar-refractivity contribution < 1.29 is 93.9 Å². The number of carbonyl (C=O) groups excluding carboxylic acids is 3. The van der Waals surface area contributed by atoms with Crippen LogP contribution in [-0.2, 0) is 29.6 Å². The molecule has 0 spiro atoms. The number of phenolic OH excluding ortho intramolecular Hbond substituents is 6. The van der Waals surface area contributed by atoms with E-state index in [0.717, 1.165) is 66.8 Å². The number of aliphatic carboxylic acids is 1. The van der Waals surface area contributed by atoms with Crippen molar-refractivity contribution in [1.82, 2.24) is 0 Å². The topological polar surface area (TPSA) is 317 Å². The van der Waals surface area contributed by atoms with Gasteiger partial charge in [0.15, 0.2) is 34.5 Å². The molecule has 2 heterocycles. The minimum atomic E-state index is -3.16. The summed E-state index contributed by atoms with van der Waals surface area (Å²) in [7, 11) is 0. The quantitative estimate of drug-likeness (QED) is 0.0691. The van der Waals surface area contributed by atoms with E-state index in [-0.39, 0.29) is 28.2 Å². The van der Waals surface area contributed by atoms with Gasteiger partial charge in [-0.05, 0) is 65.7 Å². The third-order valence-corrected chi connectivity index (χ3v) is 9.76. The fraction of sp³-hybridized carbons (Fsp3) is 0.200. The van der Waals surface area contributed by atoms with E-state index in [1.54, 1.807) is 0 Å². The van der Waals surface area contributed by atoms with Gasteiger partial charge in [-0.1, -0.05) is 12.1 Å². The molecule has 4 aromatic carbocycles. The van der Waals surface area contributed by atoms with E-state index in [0.29, 0.717) is 0 Å². The number of ether oxygens (including phenoxy) is 5. The molecular formula is C40H32O19. The molecule has 0 amide bonds. The lowest BCUT2D eigenvalue weighted by molar-refractivity contribution is -0.316. The second-order valence-electron chi connectivity index (χ2n) is 13.7. The Labute approximate surface area is 330 Å². The molecular weight excluding hydrogens is 784 g/mol. The maximum atomic E-state index is 14.0. The van der Waals surface area contributed by atoms with Gasteiger partial charge in [0, 0.05) is 42.7 Å². The van der Waals surface area contributed by atoms with Crippen LogP contribution in [0.3, 0.4) is 0 Å². The fourth-order valence-electron chi connectivity index (χ4n) is 6.83. The van der Waals surface area contributed by atoms with Crippen molar-refractivity contribution in [3.8, 4) is 51.7 Å². The van der Waals surface area contributed by atoms with Gasteiger partial charge in [0.25, 0.3) is 5.78 Å².